The Morgan fingerprint density at radius 1 is 1.43 bits per heavy atom. The fourth-order valence-electron chi connectivity index (χ4n) is 2.36. The number of aliphatic hydroxyl groups is 1. The smallest absolute Gasteiger partial charge is 0.326 e. The van der Waals surface area contributed by atoms with Gasteiger partial charge in [-0.3, -0.25) is 0 Å². The van der Waals surface area contributed by atoms with Crippen molar-refractivity contribution in [2.24, 2.45) is 0 Å². The molecule has 0 aromatic heterocycles. The molecule has 0 radical (unpaired) electrons. The Kier molecular flexibility index (Phi) is 4.32. The number of hydrogen-bond acceptors (Lipinski definition) is 4. The topological polar surface area (TPSA) is 99.1 Å². The molecule has 0 bridgehead atoms. The van der Waals surface area contributed by atoms with Crippen molar-refractivity contribution in [2.45, 2.75) is 25.5 Å². The first kappa shape index (κ1) is 15.1. The second-order valence-electron chi connectivity index (χ2n) is 5.01. The fraction of sp³-hybridized carbons (Fsp3) is 0.429. The van der Waals surface area contributed by atoms with E-state index < -0.39 is 24.1 Å². The van der Waals surface area contributed by atoms with Crippen molar-refractivity contribution in [2.75, 3.05) is 19.0 Å². The summed E-state index contributed by atoms with van der Waals surface area (Å²) in [5, 5.41) is 21.3. The molecule has 114 valence electrons. The van der Waals surface area contributed by atoms with Crippen LogP contribution >= 0.6 is 0 Å². The minimum atomic E-state index is -1.12. The normalized spacial score (nSPS) is 21.2. The van der Waals surface area contributed by atoms with Crippen LogP contribution in [-0.2, 0) is 4.79 Å². The number of benzene rings is 1. The van der Waals surface area contributed by atoms with Gasteiger partial charge in [0.05, 0.1) is 13.2 Å². The highest BCUT2D eigenvalue weighted by molar-refractivity contribution is 5.93. The average molecular weight is 294 g/mol. The van der Waals surface area contributed by atoms with Gasteiger partial charge in [0, 0.05) is 18.7 Å². The average Bonchev–Trinajstić information content (AvgIpc) is 2.83. The Bertz CT molecular complexity index is 560. The fourth-order valence-corrected chi connectivity index (χ4v) is 2.36. The van der Waals surface area contributed by atoms with E-state index in [0.717, 1.165) is 10.5 Å². The number of nitrogens with one attached hydrogen (secondary N) is 1. The minimum Gasteiger partial charge on any atom is -0.497 e. The summed E-state index contributed by atoms with van der Waals surface area (Å²) >= 11 is 0. The largest absolute Gasteiger partial charge is 0.497 e. The molecule has 0 aliphatic carbocycles. The number of aliphatic carboxylic acids is 1. The highest BCUT2D eigenvalue weighted by atomic mass is 16.5. The van der Waals surface area contributed by atoms with Gasteiger partial charge < -0.3 is 25.2 Å². The van der Waals surface area contributed by atoms with Crippen molar-refractivity contribution in [3.63, 3.8) is 0 Å². The molecule has 3 N–H and O–H groups in total. The molecule has 2 rings (SSSR count). The zero-order valence-corrected chi connectivity index (χ0v) is 11.9. The molecule has 1 aromatic rings. The van der Waals surface area contributed by atoms with Crippen molar-refractivity contribution in [3.05, 3.63) is 23.8 Å². The molecule has 1 fully saturated rings. The summed E-state index contributed by atoms with van der Waals surface area (Å²) in [6.07, 6.45) is -0.765. The van der Waals surface area contributed by atoms with E-state index >= 15 is 0 Å². The number of anilines is 1. The molecule has 21 heavy (non-hydrogen) atoms. The van der Waals surface area contributed by atoms with Crippen molar-refractivity contribution in [1.82, 2.24) is 4.90 Å². The number of nitrogens with zero attached hydrogens (tertiary/aromatic N) is 1. The number of rotatable bonds is 3. The van der Waals surface area contributed by atoms with Crippen LogP contribution in [0.25, 0.3) is 0 Å². The van der Waals surface area contributed by atoms with E-state index in [4.69, 9.17) is 9.84 Å². The molecule has 0 spiro atoms. The van der Waals surface area contributed by atoms with Crippen LogP contribution in [0.2, 0.25) is 0 Å². The lowest BCUT2D eigenvalue weighted by molar-refractivity contribution is -0.141. The first-order valence-corrected chi connectivity index (χ1v) is 6.55. The lowest BCUT2D eigenvalue weighted by Crippen LogP contribution is -2.43. The summed E-state index contributed by atoms with van der Waals surface area (Å²) in [4.78, 5) is 24.4. The monoisotopic (exact) mass is 294 g/mol. The van der Waals surface area contributed by atoms with Crippen LogP contribution in [0.15, 0.2) is 18.2 Å². The third-order valence-corrected chi connectivity index (χ3v) is 3.50. The quantitative estimate of drug-likeness (QED) is 0.774. The second-order valence-corrected chi connectivity index (χ2v) is 5.01. The van der Waals surface area contributed by atoms with Crippen LogP contribution in [0.4, 0.5) is 10.5 Å². The number of methoxy groups -OCH3 is 1. The molecule has 0 unspecified atom stereocenters. The predicted molar refractivity (Wildman–Crippen MR) is 75.5 cm³/mol. The number of urea groups is 1. The number of carbonyl (C=O) groups excluding carboxylic acids is 1. The molecule has 2 amide bonds. The summed E-state index contributed by atoms with van der Waals surface area (Å²) < 4.78 is 5.08. The van der Waals surface area contributed by atoms with Crippen molar-refractivity contribution < 1.29 is 24.5 Å². The number of β-amino-alcohol motifs (C(OH)–C–C–N with tert-alkyl or cyclic N) is 1. The minimum absolute atomic E-state index is 0.0119. The molecule has 1 saturated heterocycles. The number of aryl methyl sites for hydroxylation is 1. The summed E-state index contributed by atoms with van der Waals surface area (Å²) in [7, 11) is 1.55. The predicted octanol–water partition coefficient (Wildman–Crippen LogP) is 1.06. The Labute approximate surface area is 122 Å². The number of carbonyl (C=O) groups is 2. The summed E-state index contributed by atoms with van der Waals surface area (Å²) in [5.74, 6) is -0.446. The Morgan fingerprint density at radius 2 is 2.14 bits per heavy atom. The van der Waals surface area contributed by atoms with E-state index in [2.05, 4.69) is 5.32 Å². The van der Waals surface area contributed by atoms with Crippen LogP contribution in [0, 0.1) is 6.92 Å². The molecular formula is C14H18N2O5. The number of hydrogen-bond donors (Lipinski definition) is 3. The van der Waals surface area contributed by atoms with Gasteiger partial charge in [0.2, 0.25) is 0 Å². The van der Waals surface area contributed by atoms with Gasteiger partial charge >= 0.3 is 12.0 Å². The van der Waals surface area contributed by atoms with E-state index in [0.29, 0.717) is 11.4 Å². The number of carboxylic acids is 1. The van der Waals surface area contributed by atoms with Gasteiger partial charge in [-0.2, -0.15) is 0 Å². The summed E-state index contributed by atoms with van der Waals surface area (Å²) in [6, 6.07) is 3.62. The van der Waals surface area contributed by atoms with Crippen LogP contribution in [0.3, 0.4) is 0 Å². The molecule has 0 saturated carbocycles. The van der Waals surface area contributed by atoms with E-state index in [1.165, 1.54) is 0 Å². The maximum absolute atomic E-state index is 12.2. The van der Waals surface area contributed by atoms with Gasteiger partial charge in [-0.25, -0.2) is 9.59 Å². The Balaban J connectivity index is 2.12. The van der Waals surface area contributed by atoms with E-state index in [9.17, 15) is 14.7 Å². The SMILES string of the molecule is COc1ccc(NC(=O)N2C[C@@H](O)C[C@H]2C(=O)O)c(C)c1. The molecule has 1 aliphatic heterocycles. The molecule has 7 heteroatoms. The zero-order chi connectivity index (χ0) is 15.6. The first-order valence-electron chi connectivity index (χ1n) is 6.55. The third kappa shape index (κ3) is 3.25. The number of ether oxygens (including phenoxy) is 1. The summed E-state index contributed by atoms with van der Waals surface area (Å²) in [5.41, 5.74) is 1.38. The second kappa shape index (κ2) is 6.01. The van der Waals surface area contributed by atoms with Gasteiger partial charge in [0.1, 0.15) is 11.8 Å². The number of aliphatic hydroxyl groups excluding tert-OH is 1. The van der Waals surface area contributed by atoms with Crippen LogP contribution in [-0.4, -0.2) is 52.9 Å². The van der Waals surface area contributed by atoms with Crippen molar-refractivity contribution in [1.29, 1.82) is 0 Å². The first-order chi connectivity index (χ1) is 9.92. The van der Waals surface area contributed by atoms with Crippen LogP contribution in [0.5, 0.6) is 5.75 Å². The van der Waals surface area contributed by atoms with E-state index in [1.807, 2.05) is 6.92 Å². The maximum Gasteiger partial charge on any atom is 0.326 e. The highest BCUT2D eigenvalue weighted by Crippen LogP contribution is 2.23. The highest BCUT2D eigenvalue weighted by Gasteiger charge is 2.39. The Morgan fingerprint density at radius 3 is 2.71 bits per heavy atom. The van der Waals surface area contributed by atoms with Gasteiger partial charge in [-0.15, -0.1) is 0 Å². The van der Waals surface area contributed by atoms with Crippen molar-refractivity contribution in [3.8, 4) is 5.75 Å². The summed E-state index contributed by atoms with van der Waals surface area (Å²) in [6.45, 7) is 1.82. The van der Waals surface area contributed by atoms with Crippen LogP contribution in [0.1, 0.15) is 12.0 Å². The maximum atomic E-state index is 12.2. The number of amides is 2. The molecular weight excluding hydrogens is 276 g/mol. The van der Waals surface area contributed by atoms with Gasteiger partial charge in [-0.05, 0) is 30.7 Å². The van der Waals surface area contributed by atoms with Crippen LogP contribution < -0.4 is 10.1 Å². The molecule has 7 nitrogen and oxygen atoms in total. The lowest BCUT2D eigenvalue weighted by Gasteiger charge is -2.22. The van der Waals surface area contributed by atoms with E-state index in [1.54, 1.807) is 25.3 Å². The zero-order valence-electron chi connectivity index (χ0n) is 11.9. The number of carboxylic acid groups (broad SMARTS) is 1. The Hall–Kier alpha value is -2.28. The molecule has 1 heterocycles. The van der Waals surface area contributed by atoms with E-state index in [-0.39, 0.29) is 13.0 Å². The number of likely N-dealkylation sites (tertiary alicyclic amines) is 1. The molecule has 2 atom stereocenters. The third-order valence-electron chi connectivity index (χ3n) is 3.50. The standard InChI is InChI=1S/C14H18N2O5/c1-8-5-10(21-2)3-4-11(8)15-14(20)16-7-9(17)6-12(16)13(18)19/h3-5,9,12,17H,6-7H2,1-2H3,(H,15,20)(H,18,19)/t9-,12-/m0/s1. The molecule has 1 aliphatic rings. The lowest BCUT2D eigenvalue weighted by atomic mass is 10.2. The molecule has 1 aromatic carbocycles. The van der Waals surface area contributed by atoms with Crippen molar-refractivity contribution >= 4 is 17.7 Å². The van der Waals surface area contributed by atoms with Gasteiger partial charge in [0.15, 0.2) is 0 Å². The van der Waals surface area contributed by atoms with Gasteiger partial charge in [0.25, 0.3) is 0 Å². The van der Waals surface area contributed by atoms with Gasteiger partial charge in [-0.1, -0.05) is 0 Å².